The zero-order valence-corrected chi connectivity index (χ0v) is 40.7. The van der Waals surface area contributed by atoms with E-state index in [0.717, 1.165) is 103 Å². The third kappa shape index (κ3) is 49.6. The molecule has 0 saturated carbocycles. The van der Waals surface area contributed by atoms with Crippen LogP contribution in [0.2, 0.25) is 0 Å². The van der Waals surface area contributed by atoms with E-state index in [0.29, 0.717) is 19.3 Å². The molecular weight excluding hydrogens is 805 g/mol. The van der Waals surface area contributed by atoms with Crippen LogP contribution in [0.15, 0.2) is 170 Å². The second kappa shape index (κ2) is 51.4. The molecule has 0 aromatic carbocycles. The van der Waals surface area contributed by atoms with E-state index in [1.54, 1.807) is 0 Å². The van der Waals surface area contributed by atoms with Gasteiger partial charge in [-0.25, -0.2) is 0 Å². The number of hydrogen-bond donors (Lipinski definition) is 0. The number of rotatable bonds is 41. The van der Waals surface area contributed by atoms with Crippen LogP contribution in [0.25, 0.3) is 0 Å². The summed E-state index contributed by atoms with van der Waals surface area (Å²) in [5.74, 6) is -1.12. The van der Waals surface area contributed by atoms with E-state index in [1.807, 2.05) is 36.5 Å². The summed E-state index contributed by atoms with van der Waals surface area (Å²) < 4.78 is 16.6. The molecule has 0 aliphatic heterocycles. The summed E-state index contributed by atoms with van der Waals surface area (Å²) in [6, 6.07) is 0. The highest BCUT2D eigenvalue weighted by Crippen LogP contribution is 2.09. The minimum absolute atomic E-state index is 0.148. The van der Waals surface area contributed by atoms with Crippen LogP contribution in [0.1, 0.15) is 162 Å². The fourth-order valence-corrected chi connectivity index (χ4v) is 5.70. The summed E-state index contributed by atoms with van der Waals surface area (Å²) in [7, 11) is 0. The van der Waals surface area contributed by atoms with Gasteiger partial charge in [-0.15, -0.1) is 0 Å². The van der Waals surface area contributed by atoms with Gasteiger partial charge >= 0.3 is 17.9 Å². The summed E-state index contributed by atoms with van der Waals surface area (Å²) in [5.41, 5.74) is 0. The third-order valence-electron chi connectivity index (χ3n) is 9.29. The molecule has 0 heterocycles. The number of carbonyl (C=O) groups excluding carboxylic acids is 3. The summed E-state index contributed by atoms with van der Waals surface area (Å²) in [4.78, 5) is 37.9. The van der Waals surface area contributed by atoms with Gasteiger partial charge in [0.1, 0.15) is 13.2 Å². The maximum atomic E-state index is 12.8. The van der Waals surface area contributed by atoms with Crippen LogP contribution in [0, 0.1) is 0 Å². The smallest absolute Gasteiger partial charge is 0.306 e. The highest BCUT2D eigenvalue weighted by molar-refractivity contribution is 5.71. The molecule has 358 valence electrons. The molecule has 0 bridgehead atoms. The van der Waals surface area contributed by atoms with Crippen molar-refractivity contribution in [3.8, 4) is 0 Å². The van der Waals surface area contributed by atoms with Crippen molar-refractivity contribution in [1.29, 1.82) is 0 Å². The molecule has 0 N–H and O–H groups in total. The summed E-state index contributed by atoms with van der Waals surface area (Å²) >= 11 is 0. The van der Waals surface area contributed by atoms with E-state index in [2.05, 4.69) is 154 Å². The molecule has 0 aliphatic carbocycles. The van der Waals surface area contributed by atoms with Crippen LogP contribution in [0.5, 0.6) is 0 Å². The third-order valence-corrected chi connectivity index (χ3v) is 9.29. The minimum atomic E-state index is -0.856. The van der Waals surface area contributed by atoms with Crippen LogP contribution in [-0.2, 0) is 28.6 Å². The average molecular weight is 891 g/mol. The van der Waals surface area contributed by atoms with Crippen LogP contribution < -0.4 is 0 Å². The summed E-state index contributed by atoms with van der Waals surface area (Å²) in [6.07, 6.45) is 76.3. The van der Waals surface area contributed by atoms with E-state index in [4.69, 9.17) is 14.2 Å². The molecule has 65 heavy (non-hydrogen) atoms. The Labute approximate surface area is 396 Å². The lowest BCUT2D eigenvalue weighted by atomic mass is 10.1. The van der Waals surface area contributed by atoms with Crippen molar-refractivity contribution in [2.24, 2.45) is 0 Å². The van der Waals surface area contributed by atoms with Gasteiger partial charge in [0, 0.05) is 19.3 Å². The van der Waals surface area contributed by atoms with E-state index in [1.165, 1.54) is 0 Å². The normalized spacial score (nSPS) is 13.6. The molecule has 0 spiro atoms. The van der Waals surface area contributed by atoms with E-state index in [9.17, 15) is 14.4 Å². The first-order chi connectivity index (χ1) is 32.0. The fraction of sp³-hybridized carbons (Fsp3) is 0.475. The molecule has 0 aromatic rings. The standard InChI is InChI=1S/C59H86O6/c1-4-7-10-13-16-19-22-25-27-29-31-34-37-40-43-46-49-52-58(61)64-55-56(54-63-57(60)51-48-45-42-39-36-33-24-21-18-15-12-9-6-3)65-59(62)53-50-47-44-41-38-35-32-30-28-26-23-20-17-14-11-8-5-2/h7-12,15-21,24-28,31-36,40-41,43-44,56H,4-6,13-14,22-23,29-30,37-39,42,45-55H2,1-3H3/b10-7+,11-8+,12-9+,18-15+,19-16+,20-17+,24-21+,27-25+,28-26+,34-31+,35-32+,36-33+,43-40+,44-41+. The molecule has 0 aromatic heterocycles. The first kappa shape index (κ1) is 59.8. The lowest BCUT2D eigenvalue weighted by molar-refractivity contribution is -0.167. The van der Waals surface area contributed by atoms with Crippen LogP contribution in [0.3, 0.4) is 0 Å². The summed E-state index contributed by atoms with van der Waals surface area (Å²) in [6.45, 7) is 6.09. The van der Waals surface area contributed by atoms with Gasteiger partial charge < -0.3 is 14.2 Å². The number of esters is 3. The lowest BCUT2D eigenvalue weighted by Crippen LogP contribution is -2.30. The molecule has 1 atom stereocenters. The predicted octanol–water partition coefficient (Wildman–Crippen LogP) is 16.4. The van der Waals surface area contributed by atoms with Gasteiger partial charge in [-0.2, -0.15) is 0 Å². The molecule has 0 amide bonds. The Bertz CT molecular complexity index is 1590. The average Bonchev–Trinajstić information content (AvgIpc) is 3.30. The van der Waals surface area contributed by atoms with Crippen LogP contribution in [0.4, 0.5) is 0 Å². The monoisotopic (exact) mass is 891 g/mol. The van der Waals surface area contributed by atoms with Gasteiger partial charge in [0.05, 0.1) is 0 Å². The number of allylic oxidation sites excluding steroid dienone is 28. The molecule has 0 saturated heterocycles. The number of unbranched alkanes of at least 4 members (excludes halogenated alkanes) is 5. The van der Waals surface area contributed by atoms with Crippen LogP contribution in [-0.4, -0.2) is 37.2 Å². The largest absolute Gasteiger partial charge is 0.462 e. The zero-order valence-electron chi connectivity index (χ0n) is 40.7. The second-order valence-corrected chi connectivity index (χ2v) is 15.3. The Morgan fingerprint density at radius 1 is 0.323 bits per heavy atom. The molecule has 6 nitrogen and oxygen atoms in total. The van der Waals surface area contributed by atoms with Crippen molar-refractivity contribution < 1.29 is 28.6 Å². The molecule has 6 heteroatoms. The highest BCUT2D eigenvalue weighted by atomic mass is 16.6. The fourth-order valence-electron chi connectivity index (χ4n) is 5.70. The van der Waals surface area contributed by atoms with Crippen molar-refractivity contribution in [2.45, 2.75) is 168 Å². The van der Waals surface area contributed by atoms with Gasteiger partial charge in [0.25, 0.3) is 0 Å². The van der Waals surface area contributed by atoms with E-state index < -0.39 is 12.1 Å². The quantitative estimate of drug-likeness (QED) is 0.0200. The maximum Gasteiger partial charge on any atom is 0.306 e. The van der Waals surface area contributed by atoms with Gasteiger partial charge in [0.15, 0.2) is 6.10 Å². The van der Waals surface area contributed by atoms with Crippen LogP contribution >= 0.6 is 0 Å². The Kier molecular flexibility index (Phi) is 47.3. The number of carbonyl (C=O) groups is 3. The topological polar surface area (TPSA) is 78.9 Å². The lowest BCUT2D eigenvalue weighted by Gasteiger charge is -2.18. The Morgan fingerprint density at radius 3 is 1.06 bits per heavy atom. The molecule has 0 fully saturated rings. The van der Waals surface area contributed by atoms with Gasteiger partial charge in [-0.1, -0.05) is 197 Å². The number of hydrogen-bond acceptors (Lipinski definition) is 6. The molecule has 0 radical (unpaired) electrons. The minimum Gasteiger partial charge on any atom is -0.462 e. The zero-order chi connectivity index (χ0) is 47.2. The SMILES string of the molecule is CC/C=C/C=C/C=C/C=C/CCCCCC(=O)OCC(COC(=O)CCC/C=C/C/C=C/C/C=C/C/C=C/C/C=C/CC)OC(=O)CCC/C=C/C/C=C/C/C=C/C/C=C/C/C=C/CC. The maximum absolute atomic E-state index is 12.8. The van der Waals surface area contributed by atoms with E-state index >= 15 is 0 Å². The Balaban J connectivity index is 4.68. The van der Waals surface area contributed by atoms with Crippen molar-refractivity contribution in [3.63, 3.8) is 0 Å². The molecular formula is C59H86O6. The Hall–Kier alpha value is -5.23. The second-order valence-electron chi connectivity index (χ2n) is 15.3. The highest BCUT2D eigenvalue weighted by Gasteiger charge is 2.19. The van der Waals surface area contributed by atoms with Crippen molar-refractivity contribution >= 4 is 17.9 Å². The van der Waals surface area contributed by atoms with E-state index in [-0.39, 0.29) is 44.4 Å². The van der Waals surface area contributed by atoms with Gasteiger partial charge in [-0.05, 0) is 116 Å². The number of ether oxygens (including phenoxy) is 3. The predicted molar refractivity (Wildman–Crippen MR) is 278 cm³/mol. The molecule has 1 unspecified atom stereocenters. The Morgan fingerprint density at radius 2 is 0.646 bits per heavy atom. The summed E-state index contributed by atoms with van der Waals surface area (Å²) in [5, 5.41) is 0. The molecule has 0 rings (SSSR count). The first-order valence-corrected chi connectivity index (χ1v) is 24.7. The van der Waals surface area contributed by atoms with Gasteiger partial charge in [0.2, 0.25) is 0 Å². The van der Waals surface area contributed by atoms with Crippen molar-refractivity contribution in [1.82, 2.24) is 0 Å². The molecule has 0 aliphatic rings. The first-order valence-electron chi connectivity index (χ1n) is 24.7. The van der Waals surface area contributed by atoms with Crippen molar-refractivity contribution in [3.05, 3.63) is 170 Å². The van der Waals surface area contributed by atoms with Crippen molar-refractivity contribution in [2.75, 3.05) is 13.2 Å². The van der Waals surface area contributed by atoms with Gasteiger partial charge in [-0.3, -0.25) is 14.4 Å².